The maximum Gasteiger partial charge on any atom is 0.328 e. The fraction of sp³-hybridized carbons (Fsp3) is 0.933. The maximum absolute atomic E-state index is 12.8. The van der Waals surface area contributed by atoms with Crippen LogP contribution >= 0.6 is 11.8 Å². The molecular formula is C30H51NO6S. The number of nitrogens with one attached hydrogen (secondary N) is 1. The summed E-state index contributed by atoms with van der Waals surface area (Å²) in [5.74, 6) is 1.84. The van der Waals surface area contributed by atoms with Crippen LogP contribution in [0.3, 0.4) is 0 Å². The normalized spacial score (nSPS) is 43.8. The molecule has 4 N–H and O–H groups in total. The van der Waals surface area contributed by atoms with Gasteiger partial charge in [-0.1, -0.05) is 20.8 Å². The van der Waals surface area contributed by atoms with E-state index in [2.05, 4.69) is 26.1 Å². The SMILES string of the molecule is COC(=O)[C@H](CCSC)NC(=O)CC[C@@H](C)[C@H]1CC[C@H]2[C@@H]3[C@H](O)C[C@@H]4C[C@H](O)CC[C@]4(C)[C@H]3C[C@H](O)[C@]12C. The van der Waals surface area contributed by atoms with Gasteiger partial charge < -0.3 is 25.4 Å². The second kappa shape index (κ2) is 12.0. The third-order valence-corrected chi connectivity index (χ3v) is 12.4. The van der Waals surface area contributed by atoms with E-state index in [4.69, 9.17) is 4.74 Å². The average Bonchev–Trinajstić information content (AvgIpc) is 3.24. The van der Waals surface area contributed by atoms with E-state index in [1.165, 1.54) is 7.11 Å². The van der Waals surface area contributed by atoms with Gasteiger partial charge in [0.05, 0.1) is 25.4 Å². The fourth-order valence-electron chi connectivity index (χ4n) is 9.59. The summed E-state index contributed by atoms with van der Waals surface area (Å²) in [5.41, 5.74) is -0.206. The van der Waals surface area contributed by atoms with Gasteiger partial charge in [-0.2, -0.15) is 11.8 Å². The van der Waals surface area contributed by atoms with Gasteiger partial charge in [0.15, 0.2) is 0 Å². The molecule has 0 saturated heterocycles. The van der Waals surface area contributed by atoms with E-state index in [1.807, 2.05) is 6.26 Å². The average molecular weight is 554 g/mol. The fourth-order valence-corrected chi connectivity index (χ4v) is 10.1. The number of ether oxygens (including phenoxy) is 1. The molecule has 1 amide bonds. The smallest absolute Gasteiger partial charge is 0.328 e. The minimum Gasteiger partial charge on any atom is -0.467 e. The molecule has 0 radical (unpaired) electrons. The van der Waals surface area contributed by atoms with E-state index in [0.29, 0.717) is 25.2 Å². The molecule has 4 fully saturated rings. The van der Waals surface area contributed by atoms with Crippen molar-refractivity contribution in [1.82, 2.24) is 5.32 Å². The summed E-state index contributed by atoms with van der Waals surface area (Å²) in [4.78, 5) is 24.9. The number of methoxy groups -OCH3 is 1. The standard InChI is InChI=1S/C30H51NO6S/c1-17(6-9-26(35)31-23(11-13-38-5)28(36)37-4)20-7-8-21-27-22(16-25(34)30(20,21)3)29(2)12-10-19(32)14-18(29)15-24(27)33/h17-25,27,32-34H,6-16H2,1-5H3,(H,31,35)/t17-,18+,19-,20-,21+,22+,23+,24-,25+,27+,29+,30-/m1/s1. The Morgan fingerprint density at radius 3 is 2.47 bits per heavy atom. The molecule has 218 valence electrons. The van der Waals surface area contributed by atoms with Gasteiger partial charge in [-0.05, 0) is 116 Å². The number of rotatable bonds is 9. The highest BCUT2D eigenvalue weighted by Gasteiger charge is 2.65. The summed E-state index contributed by atoms with van der Waals surface area (Å²) in [7, 11) is 1.35. The third kappa shape index (κ3) is 5.40. The lowest BCUT2D eigenvalue weighted by atomic mass is 9.43. The Morgan fingerprint density at radius 1 is 1.05 bits per heavy atom. The van der Waals surface area contributed by atoms with Crippen LogP contribution in [0.15, 0.2) is 0 Å². The van der Waals surface area contributed by atoms with Crippen LogP contribution in [0, 0.1) is 46.3 Å². The predicted molar refractivity (Wildman–Crippen MR) is 149 cm³/mol. The Labute approximate surface area is 233 Å². The number of carbonyl (C=O) groups excluding carboxylic acids is 2. The van der Waals surface area contributed by atoms with Crippen LogP contribution in [0.1, 0.15) is 85.0 Å². The molecule has 4 aliphatic carbocycles. The Morgan fingerprint density at radius 2 is 1.79 bits per heavy atom. The van der Waals surface area contributed by atoms with Gasteiger partial charge in [0.25, 0.3) is 0 Å². The van der Waals surface area contributed by atoms with Crippen LogP contribution in [0.4, 0.5) is 0 Å². The van der Waals surface area contributed by atoms with E-state index in [1.54, 1.807) is 11.8 Å². The van der Waals surface area contributed by atoms with Crippen molar-refractivity contribution in [1.29, 1.82) is 0 Å². The molecule has 38 heavy (non-hydrogen) atoms. The van der Waals surface area contributed by atoms with Gasteiger partial charge in [-0.3, -0.25) is 4.79 Å². The van der Waals surface area contributed by atoms with Gasteiger partial charge in [0.2, 0.25) is 5.91 Å². The molecule has 0 bridgehead atoms. The number of thioether (sulfide) groups is 1. The first kappa shape index (κ1) is 30.1. The van der Waals surface area contributed by atoms with Crippen molar-refractivity contribution in [3.05, 3.63) is 0 Å². The van der Waals surface area contributed by atoms with Gasteiger partial charge >= 0.3 is 5.97 Å². The molecule has 0 aromatic carbocycles. The lowest BCUT2D eigenvalue weighted by Gasteiger charge is -2.63. The van der Waals surface area contributed by atoms with Crippen LogP contribution in [0.2, 0.25) is 0 Å². The number of aliphatic hydroxyl groups excluding tert-OH is 3. The Hall–Kier alpha value is -0.830. The topological polar surface area (TPSA) is 116 Å². The highest BCUT2D eigenvalue weighted by Crippen LogP contribution is 2.68. The van der Waals surface area contributed by atoms with E-state index >= 15 is 0 Å². The Balaban J connectivity index is 1.42. The number of hydrogen-bond donors (Lipinski definition) is 4. The highest BCUT2D eigenvalue weighted by molar-refractivity contribution is 7.98. The van der Waals surface area contributed by atoms with Gasteiger partial charge in [0.1, 0.15) is 6.04 Å². The van der Waals surface area contributed by atoms with E-state index in [-0.39, 0.29) is 58.5 Å². The summed E-state index contributed by atoms with van der Waals surface area (Å²) in [5, 5.41) is 36.4. The van der Waals surface area contributed by atoms with Gasteiger partial charge in [0, 0.05) is 6.42 Å². The van der Waals surface area contributed by atoms with E-state index in [9.17, 15) is 24.9 Å². The van der Waals surface area contributed by atoms with E-state index in [0.717, 1.165) is 50.7 Å². The second-order valence-electron chi connectivity index (χ2n) is 13.5. The number of hydrogen-bond acceptors (Lipinski definition) is 7. The number of fused-ring (bicyclic) bond motifs is 5. The summed E-state index contributed by atoms with van der Waals surface area (Å²) in [6.45, 7) is 6.80. The lowest BCUT2D eigenvalue weighted by Crippen LogP contribution is -2.62. The molecule has 4 rings (SSSR count). The van der Waals surface area contributed by atoms with Gasteiger partial charge in [-0.25, -0.2) is 4.79 Å². The highest BCUT2D eigenvalue weighted by atomic mass is 32.2. The van der Waals surface area contributed by atoms with Crippen molar-refractivity contribution in [3.8, 4) is 0 Å². The molecule has 12 atom stereocenters. The largest absolute Gasteiger partial charge is 0.467 e. The summed E-state index contributed by atoms with van der Waals surface area (Å²) >= 11 is 1.63. The number of carbonyl (C=O) groups is 2. The number of aliphatic hydroxyl groups is 3. The molecule has 0 aromatic heterocycles. The third-order valence-electron chi connectivity index (χ3n) is 11.8. The zero-order chi connectivity index (χ0) is 27.8. The molecular weight excluding hydrogens is 502 g/mol. The molecule has 0 aliphatic heterocycles. The molecule has 0 unspecified atom stereocenters. The van der Waals surface area contributed by atoms with Crippen molar-refractivity contribution < 1.29 is 29.6 Å². The van der Waals surface area contributed by atoms with Crippen LogP contribution < -0.4 is 5.32 Å². The zero-order valence-corrected chi connectivity index (χ0v) is 24.8. The summed E-state index contributed by atoms with van der Waals surface area (Å²) in [6, 6.07) is -0.611. The van der Waals surface area contributed by atoms with Crippen molar-refractivity contribution in [2.24, 2.45) is 46.3 Å². The monoisotopic (exact) mass is 553 g/mol. The molecule has 0 heterocycles. The lowest BCUT2D eigenvalue weighted by molar-refractivity contribution is -0.207. The van der Waals surface area contributed by atoms with Crippen molar-refractivity contribution >= 4 is 23.6 Å². The van der Waals surface area contributed by atoms with Crippen molar-refractivity contribution in [2.75, 3.05) is 19.1 Å². The van der Waals surface area contributed by atoms with Crippen LogP contribution in [-0.2, 0) is 14.3 Å². The minimum atomic E-state index is -0.611. The predicted octanol–water partition coefficient (Wildman–Crippen LogP) is 3.78. The molecule has 0 aromatic rings. The van der Waals surface area contributed by atoms with Crippen molar-refractivity contribution in [2.45, 2.75) is 109 Å². The number of amides is 1. The van der Waals surface area contributed by atoms with Crippen LogP contribution in [0.5, 0.6) is 0 Å². The summed E-state index contributed by atoms with van der Waals surface area (Å²) in [6.07, 6.45) is 8.56. The van der Waals surface area contributed by atoms with Crippen LogP contribution in [-0.4, -0.2) is 70.7 Å². The minimum absolute atomic E-state index is 0.0691. The first-order chi connectivity index (χ1) is 18.0. The molecule has 8 heteroatoms. The molecule has 7 nitrogen and oxygen atoms in total. The first-order valence-electron chi connectivity index (χ1n) is 14.9. The molecule has 4 aliphatic rings. The first-order valence-corrected chi connectivity index (χ1v) is 16.3. The molecule has 4 saturated carbocycles. The molecule has 0 spiro atoms. The summed E-state index contributed by atoms with van der Waals surface area (Å²) < 4.78 is 4.88. The zero-order valence-electron chi connectivity index (χ0n) is 24.0. The van der Waals surface area contributed by atoms with Crippen LogP contribution in [0.25, 0.3) is 0 Å². The second-order valence-corrected chi connectivity index (χ2v) is 14.5. The maximum atomic E-state index is 12.8. The van der Waals surface area contributed by atoms with E-state index < -0.39 is 18.1 Å². The van der Waals surface area contributed by atoms with Gasteiger partial charge in [-0.15, -0.1) is 0 Å². The number of esters is 1. The Kier molecular flexibility index (Phi) is 9.48. The quantitative estimate of drug-likeness (QED) is 0.321. The van der Waals surface area contributed by atoms with Crippen molar-refractivity contribution in [3.63, 3.8) is 0 Å². The Bertz CT molecular complexity index is 857.